The van der Waals surface area contributed by atoms with Gasteiger partial charge in [-0.05, 0) is 68.0 Å². The molecule has 0 aliphatic heterocycles. The van der Waals surface area contributed by atoms with E-state index in [4.69, 9.17) is 0 Å². The average molecular weight is 326 g/mol. The summed E-state index contributed by atoms with van der Waals surface area (Å²) < 4.78 is 17.2. The van der Waals surface area contributed by atoms with Gasteiger partial charge in [-0.2, -0.15) is 0 Å². The molecule has 23 heavy (non-hydrogen) atoms. The van der Waals surface area contributed by atoms with Gasteiger partial charge in [0, 0.05) is 16.6 Å². The SMILES string of the molecule is Cc1ccc2[nH]c3c(c2c1)CCCC3NSc1ccccc1F. The number of rotatable bonds is 3. The van der Waals surface area contributed by atoms with Gasteiger partial charge >= 0.3 is 0 Å². The first-order valence-corrected chi connectivity index (χ1v) is 8.82. The fraction of sp³-hybridized carbons (Fsp3) is 0.263. The van der Waals surface area contributed by atoms with Crippen LogP contribution in [-0.4, -0.2) is 4.98 Å². The Hall–Kier alpha value is -1.78. The van der Waals surface area contributed by atoms with Crippen LogP contribution in [0.3, 0.4) is 0 Å². The molecule has 2 aromatic carbocycles. The summed E-state index contributed by atoms with van der Waals surface area (Å²) in [7, 11) is 0. The molecule has 0 bridgehead atoms. The van der Waals surface area contributed by atoms with Gasteiger partial charge in [-0.25, -0.2) is 4.39 Å². The van der Waals surface area contributed by atoms with E-state index in [0.717, 1.165) is 19.3 Å². The van der Waals surface area contributed by atoms with Crippen molar-refractivity contribution in [3.05, 3.63) is 65.1 Å². The molecular formula is C19H19FN2S. The van der Waals surface area contributed by atoms with Crippen LogP contribution >= 0.6 is 11.9 Å². The second-order valence-corrected chi connectivity index (χ2v) is 7.04. The maximum atomic E-state index is 13.8. The molecule has 0 saturated heterocycles. The van der Waals surface area contributed by atoms with Gasteiger partial charge in [0.25, 0.3) is 0 Å². The molecule has 1 atom stereocenters. The normalized spacial score (nSPS) is 17.4. The highest BCUT2D eigenvalue weighted by molar-refractivity contribution is 7.97. The maximum Gasteiger partial charge on any atom is 0.138 e. The third-order valence-corrected chi connectivity index (χ3v) is 5.46. The number of aromatic amines is 1. The molecule has 0 saturated carbocycles. The van der Waals surface area contributed by atoms with Gasteiger partial charge in [0.1, 0.15) is 5.82 Å². The molecule has 4 rings (SSSR count). The summed E-state index contributed by atoms with van der Waals surface area (Å²) in [6.07, 6.45) is 3.34. The van der Waals surface area contributed by atoms with Crippen molar-refractivity contribution in [1.82, 2.24) is 9.71 Å². The van der Waals surface area contributed by atoms with Gasteiger partial charge in [-0.15, -0.1) is 0 Å². The van der Waals surface area contributed by atoms with Crippen LogP contribution < -0.4 is 4.72 Å². The van der Waals surface area contributed by atoms with E-state index in [0.29, 0.717) is 4.90 Å². The Morgan fingerprint density at radius 2 is 2.09 bits per heavy atom. The lowest BCUT2D eigenvalue weighted by molar-refractivity contribution is 0.533. The minimum absolute atomic E-state index is 0.173. The molecular weight excluding hydrogens is 307 g/mol. The maximum absolute atomic E-state index is 13.8. The van der Waals surface area contributed by atoms with Crippen molar-refractivity contribution in [2.24, 2.45) is 0 Å². The summed E-state index contributed by atoms with van der Waals surface area (Å²) in [6, 6.07) is 13.7. The van der Waals surface area contributed by atoms with Gasteiger partial charge in [0.2, 0.25) is 0 Å². The predicted octanol–water partition coefficient (Wildman–Crippen LogP) is 5.29. The third kappa shape index (κ3) is 2.77. The average Bonchev–Trinajstić information content (AvgIpc) is 2.93. The molecule has 0 spiro atoms. The zero-order chi connectivity index (χ0) is 15.8. The first-order valence-electron chi connectivity index (χ1n) is 8.00. The Labute approximate surface area is 139 Å². The van der Waals surface area contributed by atoms with Crippen LogP contribution in [-0.2, 0) is 6.42 Å². The first kappa shape index (κ1) is 14.8. The van der Waals surface area contributed by atoms with E-state index in [2.05, 4.69) is 34.8 Å². The summed E-state index contributed by atoms with van der Waals surface area (Å²) >= 11 is 1.39. The molecule has 2 nitrogen and oxygen atoms in total. The van der Waals surface area contributed by atoms with E-state index >= 15 is 0 Å². The summed E-state index contributed by atoms with van der Waals surface area (Å²) in [5.41, 5.74) is 5.17. The summed E-state index contributed by atoms with van der Waals surface area (Å²) in [6.45, 7) is 2.13. The minimum Gasteiger partial charge on any atom is -0.357 e. The van der Waals surface area contributed by atoms with Gasteiger partial charge in [0.15, 0.2) is 0 Å². The van der Waals surface area contributed by atoms with Crippen LogP contribution in [0.2, 0.25) is 0 Å². The first-order chi connectivity index (χ1) is 11.2. The van der Waals surface area contributed by atoms with Crippen molar-refractivity contribution in [3.63, 3.8) is 0 Å². The zero-order valence-electron chi connectivity index (χ0n) is 13.0. The van der Waals surface area contributed by atoms with Crippen LogP contribution in [0.5, 0.6) is 0 Å². The molecule has 0 fully saturated rings. The Balaban J connectivity index is 1.63. The predicted molar refractivity (Wildman–Crippen MR) is 94.1 cm³/mol. The quantitative estimate of drug-likeness (QED) is 0.640. The number of fused-ring (bicyclic) bond motifs is 3. The Bertz CT molecular complexity index is 856. The van der Waals surface area contributed by atoms with Crippen molar-refractivity contribution in [2.45, 2.75) is 37.1 Å². The number of aryl methyl sites for hydroxylation is 2. The highest BCUT2D eigenvalue weighted by Crippen LogP contribution is 2.36. The molecule has 0 amide bonds. The summed E-state index contributed by atoms with van der Waals surface area (Å²) in [5, 5.41) is 1.34. The van der Waals surface area contributed by atoms with Crippen LogP contribution in [0.1, 0.15) is 35.7 Å². The highest BCUT2D eigenvalue weighted by Gasteiger charge is 2.24. The second kappa shape index (κ2) is 6.02. The lowest BCUT2D eigenvalue weighted by Crippen LogP contribution is -2.20. The van der Waals surface area contributed by atoms with Crippen molar-refractivity contribution < 1.29 is 4.39 Å². The highest BCUT2D eigenvalue weighted by atomic mass is 32.2. The topological polar surface area (TPSA) is 27.8 Å². The fourth-order valence-corrected chi connectivity index (χ4v) is 4.17. The lowest BCUT2D eigenvalue weighted by Gasteiger charge is -2.23. The smallest absolute Gasteiger partial charge is 0.138 e. The number of hydrogen-bond donors (Lipinski definition) is 2. The molecule has 4 heteroatoms. The summed E-state index contributed by atoms with van der Waals surface area (Å²) in [4.78, 5) is 4.22. The second-order valence-electron chi connectivity index (χ2n) is 6.16. The van der Waals surface area contributed by atoms with Gasteiger partial charge in [-0.3, -0.25) is 4.72 Å². The van der Waals surface area contributed by atoms with E-state index in [1.54, 1.807) is 6.07 Å². The third-order valence-electron chi connectivity index (χ3n) is 4.51. The molecule has 1 unspecified atom stereocenters. The van der Waals surface area contributed by atoms with E-state index in [9.17, 15) is 4.39 Å². The molecule has 2 N–H and O–H groups in total. The van der Waals surface area contributed by atoms with Crippen molar-refractivity contribution in [3.8, 4) is 0 Å². The van der Waals surface area contributed by atoms with Crippen LogP contribution in [0.4, 0.5) is 4.39 Å². The molecule has 3 aromatic rings. The van der Waals surface area contributed by atoms with Gasteiger partial charge in [-0.1, -0.05) is 23.8 Å². The van der Waals surface area contributed by atoms with Crippen molar-refractivity contribution >= 4 is 22.9 Å². The number of aromatic nitrogens is 1. The molecule has 118 valence electrons. The molecule has 1 aliphatic carbocycles. The number of benzene rings is 2. The number of halogens is 1. The van der Waals surface area contributed by atoms with Gasteiger partial charge in [0.05, 0.1) is 10.9 Å². The largest absolute Gasteiger partial charge is 0.357 e. The Kier molecular flexibility index (Phi) is 3.87. The number of hydrogen-bond acceptors (Lipinski definition) is 2. The Morgan fingerprint density at radius 3 is 2.96 bits per heavy atom. The number of H-pyrrole nitrogens is 1. The molecule has 1 aromatic heterocycles. The van der Waals surface area contributed by atoms with Crippen molar-refractivity contribution in [2.75, 3.05) is 0 Å². The van der Waals surface area contributed by atoms with Crippen LogP contribution in [0, 0.1) is 12.7 Å². The Morgan fingerprint density at radius 1 is 1.22 bits per heavy atom. The standard InChI is InChI=1S/C19H19FN2S/c1-12-9-10-16-14(11-12)13-5-4-7-17(19(13)21-16)22-23-18-8-3-2-6-15(18)20/h2-3,6,8-11,17,21-22H,4-5,7H2,1H3. The van der Waals surface area contributed by atoms with Gasteiger partial charge < -0.3 is 4.98 Å². The van der Waals surface area contributed by atoms with Crippen LogP contribution in [0.15, 0.2) is 47.4 Å². The number of nitrogens with one attached hydrogen (secondary N) is 2. The van der Waals surface area contributed by atoms with Crippen molar-refractivity contribution in [1.29, 1.82) is 0 Å². The summed E-state index contributed by atoms with van der Waals surface area (Å²) in [5.74, 6) is -0.173. The van der Waals surface area contributed by atoms with E-state index in [1.807, 2.05) is 12.1 Å². The molecule has 1 aliphatic rings. The minimum atomic E-state index is -0.173. The molecule has 0 radical (unpaired) electrons. The monoisotopic (exact) mass is 326 g/mol. The van der Waals surface area contributed by atoms with E-state index in [1.165, 1.54) is 45.7 Å². The molecule has 1 heterocycles. The van der Waals surface area contributed by atoms with E-state index in [-0.39, 0.29) is 11.9 Å². The van der Waals surface area contributed by atoms with Crippen LogP contribution in [0.25, 0.3) is 10.9 Å². The van der Waals surface area contributed by atoms with E-state index < -0.39 is 0 Å². The fourth-order valence-electron chi connectivity index (χ4n) is 3.36. The zero-order valence-corrected chi connectivity index (χ0v) is 13.8. The lowest BCUT2D eigenvalue weighted by atomic mass is 9.92.